The second kappa shape index (κ2) is 9.69. The van der Waals surface area contributed by atoms with Gasteiger partial charge in [0.05, 0.1) is 17.7 Å². The maximum atomic E-state index is 13.2. The lowest BCUT2D eigenvalue weighted by Crippen LogP contribution is -2.03. The molecule has 30 heavy (non-hydrogen) atoms. The van der Waals surface area contributed by atoms with Gasteiger partial charge >= 0.3 is 5.97 Å². The molecular formula is C22H18Cl2FNO4. The van der Waals surface area contributed by atoms with Gasteiger partial charge in [-0.15, -0.1) is 0 Å². The van der Waals surface area contributed by atoms with Crippen LogP contribution in [0.4, 0.5) is 10.1 Å². The fraction of sp³-hybridized carbons (Fsp3) is 0.136. The highest BCUT2D eigenvalue weighted by Gasteiger charge is 2.12. The summed E-state index contributed by atoms with van der Waals surface area (Å²) in [5, 5.41) is 12.9. The van der Waals surface area contributed by atoms with Crippen LogP contribution in [0, 0.1) is 5.82 Å². The average Bonchev–Trinajstić information content (AvgIpc) is 2.72. The first kappa shape index (κ1) is 21.7. The predicted molar refractivity (Wildman–Crippen MR) is 114 cm³/mol. The smallest absolute Gasteiger partial charge is 0.335 e. The minimum Gasteiger partial charge on any atom is -0.493 e. The zero-order valence-corrected chi connectivity index (χ0v) is 17.4. The van der Waals surface area contributed by atoms with E-state index in [9.17, 15) is 9.18 Å². The molecule has 0 fully saturated rings. The van der Waals surface area contributed by atoms with Crippen molar-refractivity contribution in [1.29, 1.82) is 0 Å². The molecule has 0 saturated carbocycles. The lowest BCUT2D eigenvalue weighted by molar-refractivity contribution is 0.0697. The maximum Gasteiger partial charge on any atom is 0.335 e. The van der Waals surface area contributed by atoms with Crippen molar-refractivity contribution in [3.8, 4) is 11.5 Å². The third kappa shape index (κ3) is 5.34. The molecule has 0 unspecified atom stereocenters. The van der Waals surface area contributed by atoms with E-state index in [2.05, 4.69) is 5.32 Å². The van der Waals surface area contributed by atoms with E-state index in [0.717, 1.165) is 11.3 Å². The summed E-state index contributed by atoms with van der Waals surface area (Å²) in [6.45, 7) is 0.519. The summed E-state index contributed by atoms with van der Waals surface area (Å²) in [5.41, 5.74) is 2.36. The van der Waals surface area contributed by atoms with Crippen LogP contribution < -0.4 is 14.8 Å². The number of anilines is 1. The molecule has 3 aromatic rings. The Morgan fingerprint density at radius 1 is 1.00 bits per heavy atom. The van der Waals surface area contributed by atoms with Crippen molar-refractivity contribution in [3.05, 3.63) is 87.2 Å². The van der Waals surface area contributed by atoms with Gasteiger partial charge in [0, 0.05) is 28.9 Å². The Morgan fingerprint density at radius 2 is 1.70 bits per heavy atom. The van der Waals surface area contributed by atoms with Gasteiger partial charge in [-0.2, -0.15) is 0 Å². The molecule has 0 aromatic heterocycles. The molecule has 2 N–H and O–H groups in total. The number of hydrogen-bond acceptors (Lipinski definition) is 4. The molecule has 0 aliphatic carbocycles. The number of carboxylic acid groups (broad SMARTS) is 1. The van der Waals surface area contributed by atoms with E-state index in [0.29, 0.717) is 28.6 Å². The quantitative estimate of drug-likeness (QED) is 0.439. The minimum absolute atomic E-state index is 0.124. The van der Waals surface area contributed by atoms with Crippen LogP contribution in [-0.2, 0) is 13.2 Å². The van der Waals surface area contributed by atoms with E-state index in [1.165, 1.54) is 31.4 Å². The summed E-state index contributed by atoms with van der Waals surface area (Å²) in [5.74, 6) is -0.487. The molecule has 3 rings (SSSR count). The first-order valence-corrected chi connectivity index (χ1v) is 9.63. The van der Waals surface area contributed by atoms with Crippen molar-refractivity contribution in [3.63, 3.8) is 0 Å². The molecule has 0 aliphatic heterocycles. The molecule has 0 heterocycles. The van der Waals surface area contributed by atoms with Crippen LogP contribution in [0.2, 0.25) is 10.0 Å². The van der Waals surface area contributed by atoms with Crippen molar-refractivity contribution in [1.82, 2.24) is 0 Å². The topological polar surface area (TPSA) is 67.8 Å². The second-order valence-electron chi connectivity index (χ2n) is 6.35. The van der Waals surface area contributed by atoms with Crippen molar-refractivity contribution in [2.24, 2.45) is 0 Å². The molecule has 0 saturated heterocycles. The van der Waals surface area contributed by atoms with Gasteiger partial charge in [0.25, 0.3) is 0 Å². The minimum atomic E-state index is -0.980. The third-order valence-corrected chi connectivity index (χ3v) is 5.05. The molecule has 0 radical (unpaired) electrons. The number of methoxy groups -OCH3 is 1. The molecule has 8 heteroatoms. The number of aromatic carboxylic acids is 1. The van der Waals surface area contributed by atoms with Crippen LogP contribution in [-0.4, -0.2) is 18.2 Å². The van der Waals surface area contributed by atoms with E-state index in [1.54, 1.807) is 30.3 Å². The molecule has 0 amide bonds. The molecule has 3 aromatic carbocycles. The van der Waals surface area contributed by atoms with Crippen LogP contribution >= 0.6 is 23.2 Å². The Balaban J connectivity index is 1.70. The summed E-state index contributed by atoms with van der Waals surface area (Å²) >= 11 is 12.4. The monoisotopic (exact) mass is 449 g/mol. The van der Waals surface area contributed by atoms with Gasteiger partial charge in [0.1, 0.15) is 12.4 Å². The summed E-state index contributed by atoms with van der Waals surface area (Å²) < 4.78 is 24.4. The lowest BCUT2D eigenvalue weighted by Gasteiger charge is -2.15. The first-order chi connectivity index (χ1) is 14.4. The predicted octanol–water partition coefficient (Wildman–Crippen LogP) is 6.03. The fourth-order valence-corrected chi connectivity index (χ4v) is 3.15. The molecule has 0 aliphatic rings. The molecular weight excluding hydrogens is 432 g/mol. The second-order valence-corrected chi connectivity index (χ2v) is 7.17. The molecule has 5 nitrogen and oxygen atoms in total. The zero-order chi connectivity index (χ0) is 21.7. The molecule has 0 atom stereocenters. The average molecular weight is 450 g/mol. The maximum absolute atomic E-state index is 13.2. The third-order valence-electron chi connectivity index (χ3n) is 4.35. The van der Waals surface area contributed by atoms with Crippen LogP contribution in [0.5, 0.6) is 11.5 Å². The van der Waals surface area contributed by atoms with Gasteiger partial charge in [-0.1, -0.05) is 29.3 Å². The highest BCUT2D eigenvalue weighted by atomic mass is 35.5. The van der Waals surface area contributed by atoms with Crippen molar-refractivity contribution >= 4 is 34.9 Å². The van der Waals surface area contributed by atoms with Crippen LogP contribution in [0.1, 0.15) is 21.5 Å². The highest BCUT2D eigenvalue weighted by Crippen LogP contribution is 2.34. The Bertz CT molecular complexity index is 1060. The van der Waals surface area contributed by atoms with E-state index < -0.39 is 11.8 Å². The Hall–Kier alpha value is -2.96. The Morgan fingerprint density at radius 3 is 2.33 bits per heavy atom. The van der Waals surface area contributed by atoms with Gasteiger partial charge in [0.15, 0.2) is 11.5 Å². The van der Waals surface area contributed by atoms with Crippen LogP contribution in [0.15, 0.2) is 54.6 Å². The summed E-state index contributed by atoms with van der Waals surface area (Å²) in [7, 11) is 1.52. The van der Waals surface area contributed by atoms with Crippen molar-refractivity contribution in [2.45, 2.75) is 13.2 Å². The largest absolute Gasteiger partial charge is 0.493 e. The molecule has 156 valence electrons. The summed E-state index contributed by atoms with van der Waals surface area (Å²) in [4.78, 5) is 10.9. The summed E-state index contributed by atoms with van der Waals surface area (Å²) in [6, 6.07) is 13.9. The van der Waals surface area contributed by atoms with Gasteiger partial charge in [0.2, 0.25) is 0 Å². The highest BCUT2D eigenvalue weighted by molar-refractivity contribution is 6.31. The van der Waals surface area contributed by atoms with Crippen molar-refractivity contribution in [2.75, 3.05) is 12.4 Å². The number of ether oxygens (including phenoxy) is 2. The van der Waals surface area contributed by atoms with Gasteiger partial charge in [-0.25, -0.2) is 9.18 Å². The molecule has 0 spiro atoms. The number of carboxylic acids is 1. The number of carbonyl (C=O) groups is 1. The number of nitrogens with one attached hydrogen (secondary N) is 1. The normalized spacial score (nSPS) is 10.5. The van der Waals surface area contributed by atoms with Gasteiger partial charge in [-0.05, 0) is 48.0 Å². The lowest BCUT2D eigenvalue weighted by atomic mass is 10.1. The van der Waals surface area contributed by atoms with Crippen LogP contribution in [0.25, 0.3) is 0 Å². The Labute approximate surface area is 183 Å². The fourth-order valence-electron chi connectivity index (χ4n) is 2.71. The number of halogens is 3. The number of hydrogen-bond donors (Lipinski definition) is 2. The van der Waals surface area contributed by atoms with Gasteiger partial charge in [-0.3, -0.25) is 0 Å². The van der Waals surface area contributed by atoms with Crippen LogP contribution in [0.3, 0.4) is 0 Å². The zero-order valence-electron chi connectivity index (χ0n) is 15.9. The van der Waals surface area contributed by atoms with E-state index >= 15 is 0 Å². The number of benzene rings is 3. The molecule has 0 bridgehead atoms. The van der Waals surface area contributed by atoms with E-state index in [4.69, 9.17) is 37.8 Å². The van der Waals surface area contributed by atoms with Gasteiger partial charge < -0.3 is 19.9 Å². The SMILES string of the molecule is COc1cc(CNc2ccc(C(=O)O)cc2)c(Cl)cc1OCc1ccc(F)cc1Cl. The first-order valence-electron chi connectivity index (χ1n) is 8.87. The standard InChI is InChI=1S/C22H18Cl2FNO4/c1-29-20-8-15(11-26-17-6-3-13(4-7-17)22(27)28)19(24)10-21(20)30-12-14-2-5-16(25)9-18(14)23/h2-10,26H,11-12H2,1H3,(H,27,28). The van der Waals surface area contributed by atoms with E-state index in [1.807, 2.05) is 0 Å². The Kier molecular flexibility index (Phi) is 7.03. The van der Waals surface area contributed by atoms with Crippen molar-refractivity contribution < 1.29 is 23.8 Å². The number of rotatable bonds is 8. The summed E-state index contributed by atoms with van der Waals surface area (Å²) in [6.07, 6.45) is 0. The van der Waals surface area contributed by atoms with E-state index in [-0.39, 0.29) is 17.2 Å².